The molecule has 1 N–H and O–H groups in total. The Morgan fingerprint density at radius 3 is 2.84 bits per heavy atom. The van der Waals surface area contributed by atoms with Crippen molar-refractivity contribution in [2.45, 2.75) is 25.9 Å². The van der Waals surface area contributed by atoms with Crippen LogP contribution < -0.4 is 10.1 Å². The van der Waals surface area contributed by atoms with Crippen LogP contribution in [0.4, 0.5) is 10.5 Å². The number of nitrogens with one attached hydrogen (secondary N) is 1. The number of ether oxygens (including phenoxy) is 1. The van der Waals surface area contributed by atoms with E-state index >= 15 is 0 Å². The standard InChI is InChI=1S/C13H17BrN2O3/c1-13(2)7-8-9(14)5-6-10(11(8)19-13)15-12(17)16(3)18-4/h5-6H,7H2,1-4H3,(H,15,17). The fourth-order valence-corrected chi connectivity index (χ4v) is 2.45. The summed E-state index contributed by atoms with van der Waals surface area (Å²) in [5.74, 6) is 0.720. The lowest BCUT2D eigenvalue weighted by Crippen LogP contribution is -2.30. The zero-order valence-corrected chi connectivity index (χ0v) is 13.0. The molecule has 0 aliphatic carbocycles. The van der Waals surface area contributed by atoms with Gasteiger partial charge in [-0.1, -0.05) is 15.9 Å². The molecule has 1 aliphatic heterocycles. The minimum absolute atomic E-state index is 0.265. The number of carbonyl (C=O) groups is 1. The van der Waals surface area contributed by atoms with Gasteiger partial charge < -0.3 is 10.1 Å². The molecular formula is C13H17BrN2O3. The molecule has 2 amide bonds. The normalized spacial score (nSPS) is 15.6. The van der Waals surface area contributed by atoms with E-state index in [0.717, 1.165) is 27.3 Å². The van der Waals surface area contributed by atoms with Crippen molar-refractivity contribution in [2.24, 2.45) is 0 Å². The van der Waals surface area contributed by atoms with E-state index in [4.69, 9.17) is 9.57 Å². The number of urea groups is 1. The van der Waals surface area contributed by atoms with Gasteiger partial charge >= 0.3 is 6.03 Å². The highest BCUT2D eigenvalue weighted by Crippen LogP contribution is 2.44. The molecule has 0 saturated heterocycles. The molecule has 104 valence electrons. The van der Waals surface area contributed by atoms with E-state index in [0.29, 0.717) is 5.69 Å². The van der Waals surface area contributed by atoms with E-state index in [2.05, 4.69) is 21.2 Å². The Kier molecular flexibility index (Phi) is 3.73. The molecule has 1 heterocycles. The highest BCUT2D eigenvalue weighted by atomic mass is 79.9. The van der Waals surface area contributed by atoms with Crippen LogP contribution in [-0.4, -0.2) is 30.9 Å². The molecule has 1 aromatic rings. The lowest BCUT2D eigenvalue weighted by Gasteiger charge is -2.19. The molecule has 0 unspecified atom stereocenters. The van der Waals surface area contributed by atoms with Crippen LogP contribution in [0.25, 0.3) is 0 Å². The van der Waals surface area contributed by atoms with Crippen LogP contribution in [-0.2, 0) is 11.3 Å². The number of hydrogen-bond acceptors (Lipinski definition) is 3. The molecule has 6 heteroatoms. The molecule has 0 fully saturated rings. The summed E-state index contributed by atoms with van der Waals surface area (Å²) in [4.78, 5) is 16.7. The molecule has 0 aromatic heterocycles. The van der Waals surface area contributed by atoms with Crippen LogP contribution in [0.5, 0.6) is 5.75 Å². The maximum absolute atomic E-state index is 11.8. The lowest BCUT2D eigenvalue weighted by atomic mass is 10.0. The van der Waals surface area contributed by atoms with Crippen LogP contribution in [0.2, 0.25) is 0 Å². The molecule has 0 radical (unpaired) electrons. The van der Waals surface area contributed by atoms with E-state index in [1.165, 1.54) is 7.11 Å². The van der Waals surface area contributed by atoms with Crippen LogP contribution in [0.1, 0.15) is 19.4 Å². The van der Waals surface area contributed by atoms with Gasteiger partial charge in [-0.15, -0.1) is 0 Å². The highest BCUT2D eigenvalue weighted by Gasteiger charge is 2.34. The van der Waals surface area contributed by atoms with Crippen molar-refractivity contribution in [3.8, 4) is 5.75 Å². The Hall–Kier alpha value is -1.27. The van der Waals surface area contributed by atoms with Crippen LogP contribution in [0.3, 0.4) is 0 Å². The predicted molar refractivity (Wildman–Crippen MR) is 76.3 cm³/mol. The Bertz CT molecular complexity index is 517. The van der Waals surface area contributed by atoms with E-state index < -0.39 is 0 Å². The van der Waals surface area contributed by atoms with E-state index in [9.17, 15) is 4.79 Å². The van der Waals surface area contributed by atoms with Gasteiger partial charge in [-0.05, 0) is 26.0 Å². The van der Waals surface area contributed by atoms with E-state index in [1.807, 2.05) is 26.0 Å². The van der Waals surface area contributed by atoms with Crippen molar-refractivity contribution < 1.29 is 14.4 Å². The third kappa shape index (κ3) is 2.84. The first-order valence-corrected chi connectivity index (χ1v) is 6.72. The molecule has 5 nitrogen and oxygen atoms in total. The van der Waals surface area contributed by atoms with Gasteiger partial charge in [0.1, 0.15) is 11.4 Å². The molecule has 0 saturated carbocycles. The van der Waals surface area contributed by atoms with Crippen molar-refractivity contribution in [1.82, 2.24) is 5.06 Å². The fourth-order valence-electron chi connectivity index (χ4n) is 2.00. The Balaban J connectivity index is 2.30. The molecular weight excluding hydrogens is 312 g/mol. The van der Waals surface area contributed by atoms with Gasteiger partial charge in [0.2, 0.25) is 0 Å². The van der Waals surface area contributed by atoms with Gasteiger partial charge in [-0.25, -0.2) is 9.86 Å². The smallest absolute Gasteiger partial charge is 0.345 e. The molecule has 0 bridgehead atoms. The minimum atomic E-state index is -0.347. The predicted octanol–water partition coefficient (Wildman–Crippen LogP) is 3.19. The number of carbonyl (C=O) groups excluding carboxylic acids is 1. The number of nitrogens with zero attached hydrogens (tertiary/aromatic N) is 1. The Morgan fingerprint density at radius 1 is 1.53 bits per heavy atom. The largest absolute Gasteiger partial charge is 0.485 e. The maximum atomic E-state index is 11.8. The number of rotatable bonds is 2. The summed E-state index contributed by atoms with van der Waals surface area (Å²) in [6.07, 6.45) is 0.798. The van der Waals surface area contributed by atoms with E-state index in [1.54, 1.807) is 7.05 Å². The van der Waals surface area contributed by atoms with Crippen molar-refractivity contribution in [2.75, 3.05) is 19.5 Å². The number of hydrogen-bond donors (Lipinski definition) is 1. The number of halogens is 1. The number of benzene rings is 1. The zero-order valence-electron chi connectivity index (χ0n) is 11.4. The SMILES string of the molecule is CON(C)C(=O)Nc1ccc(Br)c2c1OC(C)(C)C2. The second-order valence-electron chi connectivity index (χ2n) is 5.05. The molecule has 0 spiro atoms. The minimum Gasteiger partial charge on any atom is -0.485 e. The van der Waals surface area contributed by atoms with Crippen LogP contribution >= 0.6 is 15.9 Å². The number of amides is 2. The number of hydroxylamine groups is 2. The topological polar surface area (TPSA) is 50.8 Å². The third-order valence-corrected chi connectivity index (χ3v) is 3.73. The first-order chi connectivity index (χ1) is 8.84. The summed E-state index contributed by atoms with van der Waals surface area (Å²) in [7, 11) is 2.98. The van der Waals surface area contributed by atoms with Crippen molar-refractivity contribution in [1.29, 1.82) is 0 Å². The summed E-state index contributed by atoms with van der Waals surface area (Å²) < 4.78 is 6.91. The maximum Gasteiger partial charge on any atom is 0.345 e. The second kappa shape index (κ2) is 5.02. The van der Waals surface area contributed by atoms with Crippen LogP contribution in [0, 0.1) is 0 Å². The monoisotopic (exact) mass is 328 g/mol. The zero-order chi connectivity index (χ0) is 14.2. The average Bonchev–Trinajstić information content (AvgIpc) is 2.68. The number of anilines is 1. The summed E-state index contributed by atoms with van der Waals surface area (Å²) in [6, 6.07) is 3.37. The second-order valence-corrected chi connectivity index (χ2v) is 5.91. The third-order valence-electron chi connectivity index (χ3n) is 2.99. The summed E-state index contributed by atoms with van der Waals surface area (Å²) in [6.45, 7) is 4.04. The fraction of sp³-hybridized carbons (Fsp3) is 0.462. The summed E-state index contributed by atoms with van der Waals surface area (Å²) in [5, 5.41) is 3.89. The number of fused-ring (bicyclic) bond motifs is 1. The van der Waals surface area contributed by atoms with Crippen molar-refractivity contribution in [3.05, 3.63) is 22.2 Å². The molecule has 2 rings (SSSR count). The highest BCUT2D eigenvalue weighted by molar-refractivity contribution is 9.10. The molecule has 0 atom stereocenters. The van der Waals surface area contributed by atoms with Crippen molar-refractivity contribution >= 4 is 27.6 Å². The van der Waals surface area contributed by atoms with Crippen LogP contribution in [0.15, 0.2) is 16.6 Å². The Morgan fingerprint density at radius 2 is 2.21 bits per heavy atom. The van der Waals surface area contributed by atoms with Crippen molar-refractivity contribution in [3.63, 3.8) is 0 Å². The first-order valence-electron chi connectivity index (χ1n) is 5.93. The summed E-state index contributed by atoms with van der Waals surface area (Å²) in [5.41, 5.74) is 1.46. The first kappa shape index (κ1) is 14.1. The lowest BCUT2D eigenvalue weighted by molar-refractivity contribution is -0.0598. The summed E-state index contributed by atoms with van der Waals surface area (Å²) >= 11 is 3.51. The van der Waals surface area contributed by atoms with Gasteiger partial charge in [0.05, 0.1) is 12.8 Å². The molecule has 1 aliphatic rings. The quantitative estimate of drug-likeness (QED) is 0.848. The Labute approximate surface area is 121 Å². The molecule has 19 heavy (non-hydrogen) atoms. The molecule has 1 aromatic carbocycles. The van der Waals surface area contributed by atoms with Gasteiger partial charge in [0.25, 0.3) is 0 Å². The average molecular weight is 329 g/mol. The van der Waals surface area contributed by atoms with E-state index in [-0.39, 0.29) is 11.6 Å². The van der Waals surface area contributed by atoms with Gasteiger partial charge in [0, 0.05) is 23.5 Å². The van der Waals surface area contributed by atoms with Gasteiger partial charge in [-0.3, -0.25) is 4.84 Å². The van der Waals surface area contributed by atoms with Gasteiger partial charge in [-0.2, -0.15) is 0 Å². The van der Waals surface area contributed by atoms with Gasteiger partial charge in [0.15, 0.2) is 0 Å².